The highest BCUT2D eigenvalue weighted by atomic mass is 35.5. The van der Waals surface area contributed by atoms with Gasteiger partial charge in [0.05, 0.1) is 28.5 Å². The Morgan fingerprint density at radius 3 is 2.62 bits per heavy atom. The predicted molar refractivity (Wildman–Crippen MR) is 154 cm³/mol. The highest BCUT2D eigenvalue weighted by molar-refractivity contribution is 7.16. The number of pyridine rings is 2. The number of nitrogens with zero attached hydrogens (tertiary/aromatic N) is 6. The van der Waals surface area contributed by atoms with Gasteiger partial charge in [-0.2, -0.15) is 14.2 Å². The molecule has 0 unspecified atom stereocenters. The summed E-state index contributed by atoms with van der Waals surface area (Å²) in [4.78, 5) is 31.9. The molecule has 6 rings (SSSR count). The van der Waals surface area contributed by atoms with Gasteiger partial charge in [-0.3, -0.25) is 14.6 Å². The third-order valence-corrected chi connectivity index (χ3v) is 7.90. The molecule has 0 radical (unpaired) electrons. The largest absolute Gasteiger partial charge is 0.365 e. The summed E-state index contributed by atoms with van der Waals surface area (Å²) in [7, 11) is 0. The second-order valence-electron chi connectivity index (χ2n) is 8.66. The molecule has 0 atom stereocenters. The van der Waals surface area contributed by atoms with Crippen LogP contribution in [0, 0.1) is 0 Å². The number of halogens is 1. The number of nitrogens with one attached hydrogen (secondary N) is 1. The van der Waals surface area contributed by atoms with Crippen molar-refractivity contribution >= 4 is 46.2 Å². The monoisotopic (exact) mass is 589 g/mol. The lowest BCUT2D eigenvalue weighted by molar-refractivity contribution is 0.0944. The average molecular weight is 590 g/mol. The minimum absolute atomic E-state index is 0.216. The number of anilines is 1. The molecule has 0 saturated heterocycles. The summed E-state index contributed by atoms with van der Waals surface area (Å²) >= 11 is 8.72. The number of aryl methyl sites for hydroxylation is 1. The third kappa shape index (κ3) is 5.50. The molecule has 0 aliphatic rings. The molecular formula is C27H20ClN7O3S2. The van der Waals surface area contributed by atoms with Gasteiger partial charge in [-0.1, -0.05) is 16.8 Å². The van der Waals surface area contributed by atoms with E-state index >= 15 is 0 Å². The van der Waals surface area contributed by atoms with Gasteiger partial charge >= 0.3 is 0 Å². The van der Waals surface area contributed by atoms with Crippen LogP contribution in [0.25, 0.3) is 22.5 Å². The van der Waals surface area contributed by atoms with Crippen LogP contribution in [-0.2, 0) is 19.5 Å². The number of rotatable bonds is 9. The zero-order chi connectivity index (χ0) is 27.5. The SMILES string of the molecule is O=C(c1ccsn1)n1nc(-c2cc(-c3ccncc3)n(CCc3ccno3)c(=O)c2)cc1NCc1ccc(Cl)s1. The fourth-order valence-corrected chi connectivity index (χ4v) is 5.72. The number of thiophene rings is 1. The van der Waals surface area contributed by atoms with Crippen molar-refractivity contribution in [2.24, 2.45) is 0 Å². The fourth-order valence-electron chi connectivity index (χ4n) is 4.19. The van der Waals surface area contributed by atoms with Gasteiger partial charge in [0.15, 0.2) is 0 Å². The van der Waals surface area contributed by atoms with Crippen LogP contribution in [0.2, 0.25) is 4.34 Å². The van der Waals surface area contributed by atoms with Gasteiger partial charge in [-0.25, -0.2) is 0 Å². The molecule has 1 N–H and O–H groups in total. The summed E-state index contributed by atoms with van der Waals surface area (Å²) in [5.74, 6) is 0.769. The Morgan fingerprint density at radius 1 is 1.02 bits per heavy atom. The Hall–Kier alpha value is -4.39. The van der Waals surface area contributed by atoms with Crippen molar-refractivity contribution in [2.45, 2.75) is 19.5 Å². The van der Waals surface area contributed by atoms with E-state index in [0.717, 1.165) is 10.4 Å². The number of aromatic nitrogens is 6. The first-order chi connectivity index (χ1) is 19.5. The minimum Gasteiger partial charge on any atom is -0.365 e. The van der Waals surface area contributed by atoms with Crippen LogP contribution in [0.1, 0.15) is 21.1 Å². The zero-order valence-electron chi connectivity index (χ0n) is 20.7. The van der Waals surface area contributed by atoms with Gasteiger partial charge in [-0.15, -0.1) is 11.3 Å². The van der Waals surface area contributed by atoms with Crippen molar-refractivity contribution in [1.82, 2.24) is 28.9 Å². The lowest BCUT2D eigenvalue weighted by Crippen LogP contribution is -2.22. The van der Waals surface area contributed by atoms with E-state index in [1.807, 2.05) is 30.3 Å². The molecule has 0 aromatic carbocycles. The van der Waals surface area contributed by atoms with Gasteiger partial charge in [0, 0.05) is 64.9 Å². The van der Waals surface area contributed by atoms with Crippen molar-refractivity contribution in [3.63, 3.8) is 0 Å². The fraction of sp³-hybridized carbons (Fsp3) is 0.111. The Kier molecular flexibility index (Phi) is 7.36. The molecule has 0 aliphatic heterocycles. The molecule has 6 heterocycles. The molecule has 200 valence electrons. The van der Waals surface area contributed by atoms with Gasteiger partial charge in [0.2, 0.25) is 0 Å². The maximum absolute atomic E-state index is 13.5. The summed E-state index contributed by atoms with van der Waals surface area (Å²) in [6, 6.07) is 16.0. The molecular weight excluding hydrogens is 570 g/mol. The van der Waals surface area contributed by atoms with Gasteiger partial charge < -0.3 is 14.4 Å². The maximum atomic E-state index is 13.5. The maximum Gasteiger partial charge on any atom is 0.299 e. The quantitative estimate of drug-likeness (QED) is 0.235. The number of carbonyl (C=O) groups is 1. The van der Waals surface area contributed by atoms with E-state index in [2.05, 4.69) is 24.9 Å². The molecule has 0 aliphatic carbocycles. The topological polar surface area (TPSA) is 121 Å². The zero-order valence-corrected chi connectivity index (χ0v) is 23.1. The van der Waals surface area contributed by atoms with E-state index in [4.69, 9.17) is 16.1 Å². The Bertz CT molecular complexity index is 1810. The first-order valence-electron chi connectivity index (χ1n) is 12.1. The third-order valence-electron chi connectivity index (χ3n) is 6.10. The summed E-state index contributed by atoms with van der Waals surface area (Å²) < 4.78 is 13.0. The van der Waals surface area contributed by atoms with E-state index < -0.39 is 0 Å². The van der Waals surface area contributed by atoms with E-state index in [1.165, 1.54) is 33.6 Å². The number of hydrogen-bond acceptors (Lipinski definition) is 10. The van der Waals surface area contributed by atoms with Crippen LogP contribution in [0.4, 0.5) is 5.82 Å². The smallest absolute Gasteiger partial charge is 0.299 e. The highest BCUT2D eigenvalue weighted by Gasteiger charge is 2.20. The lowest BCUT2D eigenvalue weighted by Gasteiger charge is -2.14. The Morgan fingerprint density at radius 2 is 1.90 bits per heavy atom. The molecule has 6 aromatic rings. The number of carbonyl (C=O) groups excluding carboxylic acids is 1. The second-order valence-corrected chi connectivity index (χ2v) is 11.1. The highest BCUT2D eigenvalue weighted by Crippen LogP contribution is 2.28. The molecule has 0 saturated carbocycles. The summed E-state index contributed by atoms with van der Waals surface area (Å²) in [6.07, 6.45) is 5.42. The molecule has 0 bridgehead atoms. The second kappa shape index (κ2) is 11.4. The van der Waals surface area contributed by atoms with Crippen molar-refractivity contribution in [2.75, 3.05) is 5.32 Å². The van der Waals surface area contributed by atoms with Crippen molar-refractivity contribution in [3.8, 4) is 22.5 Å². The van der Waals surface area contributed by atoms with Crippen molar-refractivity contribution < 1.29 is 9.32 Å². The summed E-state index contributed by atoms with van der Waals surface area (Å²) in [5, 5.41) is 13.4. The number of hydrogen-bond donors (Lipinski definition) is 1. The predicted octanol–water partition coefficient (Wildman–Crippen LogP) is 5.48. The summed E-state index contributed by atoms with van der Waals surface area (Å²) in [6.45, 7) is 0.831. The van der Waals surface area contributed by atoms with E-state index in [0.29, 0.717) is 52.4 Å². The average Bonchev–Trinajstić information content (AvgIpc) is 3.79. The van der Waals surface area contributed by atoms with Crippen LogP contribution < -0.4 is 10.9 Å². The molecule has 0 amide bonds. The first-order valence-corrected chi connectivity index (χ1v) is 14.2. The molecule has 13 heteroatoms. The van der Waals surface area contributed by atoms with E-state index in [9.17, 15) is 9.59 Å². The molecule has 10 nitrogen and oxygen atoms in total. The Balaban J connectivity index is 1.40. The van der Waals surface area contributed by atoms with E-state index in [-0.39, 0.29) is 17.2 Å². The Labute approximate surface area is 240 Å². The first kappa shape index (κ1) is 25.9. The molecule has 40 heavy (non-hydrogen) atoms. The lowest BCUT2D eigenvalue weighted by atomic mass is 10.1. The molecule has 0 fully saturated rings. The van der Waals surface area contributed by atoms with Crippen LogP contribution in [-0.4, -0.2) is 34.8 Å². The normalized spacial score (nSPS) is 11.1. The van der Waals surface area contributed by atoms with Crippen molar-refractivity contribution in [3.05, 3.63) is 110 Å². The molecule has 6 aromatic heterocycles. The molecule has 0 spiro atoms. The van der Waals surface area contributed by atoms with Gasteiger partial charge in [-0.05, 0) is 47.9 Å². The van der Waals surface area contributed by atoms with Gasteiger partial charge in [0.1, 0.15) is 17.3 Å². The van der Waals surface area contributed by atoms with E-state index in [1.54, 1.807) is 46.7 Å². The standard InChI is InChI=1S/C27H20ClN7O3S2/c28-24-2-1-20(40-24)16-30-25-15-22(32-35(25)27(37)21-7-12-39-33-21)18-13-23(17-3-8-29-9-4-17)34(26(36)14-18)11-6-19-5-10-31-38-19/h1-5,7-10,12-15,30H,6,11,16H2. The minimum atomic E-state index is -0.381. The van der Waals surface area contributed by atoms with Crippen LogP contribution in [0.5, 0.6) is 0 Å². The summed E-state index contributed by atoms with van der Waals surface area (Å²) in [5.41, 5.74) is 2.60. The van der Waals surface area contributed by atoms with Crippen LogP contribution in [0.3, 0.4) is 0 Å². The van der Waals surface area contributed by atoms with Crippen LogP contribution in [0.15, 0.2) is 87.9 Å². The van der Waals surface area contributed by atoms with Crippen LogP contribution >= 0.6 is 34.5 Å². The van der Waals surface area contributed by atoms with Gasteiger partial charge in [0.25, 0.3) is 11.5 Å². The van der Waals surface area contributed by atoms with Crippen molar-refractivity contribution in [1.29, 1.82) is 0 Å².